The van der Waals surface area contributed by atoms with E-state index in [1.54, 1.807) is 17.4 Å². The molecule has 0 bridgehead atoms. The molecule has 8 heteroatoms. The first-order chi connectivity index (χ1) is 11.1. The van der Waals surface area contributed by atoms with Gasteiger partial charge in [-0.3, -0.25) is 4.40 Å². The summed E-state index contributed by atoms with van der Waals surface area (Å²) in [6.07, 6.45) is 4.50. The molecule has 23 heavy (non-hydrogen) atoms. The molecule has 0 saturated heterocycles. The fourth-order valence-electron chi connectivity index (χ4n) is 2.17. The van der Waals surface area contributed by atoms with Crippen LogP contribution in [0.25, 0.3) is 4.96 Å². The minimum absolute atomic E-state index is 0.227. The summed E-state index contributed by atoms with van der Waals surface area (Å²) in [5.41, 5.74) is 1.81. The Morgan fingerprint density at radius 3 is 2.74 bits per heavy atom. The van der Waals surface area contributed by atoms with Gasteiger partial charge in [0.1, 0.15) is 0 Å². The number of nitrogens with zero attached hydrogens (tertiary/aromatic N) is 2. The Morgan fingerprint density at radius 1 is 1.22 bits per heavy atom. The predicted molar refractivity (Wildman–Crippen MR) is 93.5 cm³/mol. The standard InChI is InChI=1S/C15H14Cl2N4OS/c16-11-5-10(6-12(17)7-11)1-2-18-14(22)19-8-13-9-21-3-4-23-15(21)20-13/h3-7,9H,1-2,8H2,(H2,18,19,22). The van der Waals surface area contributed by atoms with Crippen molar-refractivity contribution in [3.05, 3.63) is 57.3 Å². The van der Waals surface area contributed by atoms with Crippen molar-refractivity contribution in [1.82, 2.24) is 20.0 Å². The lowest BCUT2D eigenvalue weighted by Crippen LogP contribution is -2.36. The van der Waals surface area contributed by atoms with Crippen molar-refractivity contribution in [3.63, 3.8) is 0 Å². The molecule has 120 valence electrons. The van der Waals surface area contributed by atoms with E-state index in [-0.39, 0.29) is 6.03 Å². The Bertz CT molecular complexity index is 781. The molecule has 0 saturated carbocycles. The molecule has 2 heterocycles. The van der Waals surface area contributed by atoms with Crippen LogP contribution in [0.3, 0.4) is 0 Å². The van der Waals surface area contributed by atoms with Crippen LogP contribution >= 0.6 is 34.5 Å². The van der Waals surface area contributed by atoms with Crippen molar-refractivity contribution < 1.29 is 4.79 Å². The van der Waals surface area contributed by atoms with Crippen LogP contribution in [0.4, 0.5) is 4.79 Å². The molecule has 2 amide bonds. The number of fused-ring (bicyclic) bond motifs is 1. The van der Waals surface area contributed by atoms with Crippen LogP contribution in [0.2, 0.25) is 10.0 Å². The second kappa shape index (κ2) is 7.21. The first kappa shape index (κ1) is 16.1. The number of hydrogen-bond acceptors (Lipinski definition) is 3. The SMILES string of the molecule is O=C(NCCc1cc(Cl)cc(Cl)c1)NCc1cn2ccsc2n1. The molecule has 1 aromatic carbocycles. The van der Waals surface area contributed by atoms with E-state index in [4.69, 9.17) is 23.2 Å². The Labute approximate surface area is 147 Å². The van der Waals surface area contributed by atoms with Crippen molar-refractivity contribution in [2.45, 2.75) is 13.0 Å². The summed E-state index contributed by atoms with van der Waals surface area (Å²) >= 11 is 13.4. The van der Waals surface area contributed by atoms with Crippen LogP contribution in [0, 0.1) is 0 Å². The van der Waals surface area contributed by atoms with Crippen molar-refractivity contribution in [1.29, 1.82) is 0 Å². The Kier molecular flexibility index (Phi) is 5.05. The molecule has 3 aromatic rings. The largest absolute Gasteiger partial charge is 0.338 e. The summed E-state index contributed by atoms with van der Waals surface area (Å²) < 4.78 is 1.93. The van der Waals surface area contributed by atoms with Gasteiger partial charge in [-0.1, -0.05) is 23.2 Å². The molecule has 2 aromatic heterocycles. The fourth-order valence-corrected chi connectivity index (χ4v) is 3.46. The Balaban J connectivity index is 1.43. The van der Waals surface area contributed by atoms with Gasteiger partial charge in [0.25, 0.3) is 0 Å². The summed E-state index contributed by atoms with van der Waals surface area (Å²) in [4.78, 5) is 17.1. The number of urea groups is 1. The molecule has 0 radical (unpaired) electrons. The number of amides is 2. The zero-order valence-corrected chi connectivity index (χ0v) is 14.4. The topological polar surface area (TPSA) is 58.4 Å². The summed E-state index contributed by atoms with van der Waals surface area (Å²) in [6, 6.07) is 5.13. The Hall–Kier alpha value is -1.76. The zero-order chi connectivity index (χ0) is 16.2. The fraction of sp³-hybridized carbons (Fsp3) is 0.200. The average molecular weight is 369 g/mol. The number of carbonyl (C=O) groups is 1. The predicted octanol–water partition coefficient (Wildman–Crippen LogP) is 3.74. The number of thiazole rings is 1. The lowest BCUT2D eigenvalue weighted by atomic mass is 10.1. The second-order valence-electron chi connectivity index (χ2n) is 4.96. The molecular weight excluding hydrogens is 355 g/mol. The molecule has 2 N–H and O–H groups in total. The highest BCUT2D eigenvalue weighted by atomic mass is 35.5. The lowest BCUT2D eigenvalue weighted by molar-refractivity contribution is 0.240. The van der Waals surface area contributed by atoms with Crippen LogP contribution in [0.1, 0.15) is 11.3 Å². The summed E-state index contributed by atoms with van der Waals surface area (Å²) in [5.74, 6) is 0. The molecule has 0 unspecified atom stereocenters. The van der Waals surface area contributed by atoms with Crippen LogP contribution < -0.4 is 10.6 Å². The third-order valence-electron chi connectivity index (χ3n) is 3.19. The van der Waals surface area contributed by atoms with E-state index in [0.717, 1.165) is 16.2 Å². The number of halogens is 2. The van der Waals surface area contributed by atoms with Gasteiger partial charge in [0, 0.05) is 34.4 Å². The summed E-state index contributed by atoms with van der Waals surface area (Å²) in [7, 11) is 0. The van der Waals surface area contributed by atoms with Gasteiger partial charge in [0.05, 0.1) is 12.2 Å². The molecule has 0 aliphatic carbocycles. The first-order valence-electron chi connectivity index (χ1n) is 6.98. The van der Waals surface area contributed by atoms with Gasteiger partial charge >= 0.3 is 6.03 Å². The number of nitrogens with one attached hydrogen (secondary N) is 2. The highest BCUT2D eigenvalue weighted by molar-refractivity contribution is 7.15. The maximum Gasteiger partial charge on any atom is 0.315 e. The third kappa shape index (κ3) is 4.37. The lowest BCUT2D eigenvalue weighted by Gasteiger charge is -2.07. The number of aromatic nitrogens is 2. The number of benzene rings is 1. The average Bonchev–Trinajstić information content (AvgIpc) is 3.05. The molecular formula is C15H14Cl2N4OS. The van der Waals surface area contributed by atoms with Crippen LogP contribution in [-0.4, -0.2) is 22.0 Å². The Morgan fingerprint density at radius 2 is 2.00 bits per heavy atom. The quantitative estimate of drug-likeness (QED) is 0.720. The van der Waals surface area contributed by atoms with E-state index in [0.29, 0.717) is 29.6 Å². The second-order valence-corrected chi connectivity index (χ2v) is 6.71. The molecule has 0 aliphatic rings. The maximum absolute atomic E-state index is 11.8. The molecule has 0 atom stereocenters. The minimum Gasteiger partial charge on any atom is -0.338 e. The van der Waals surface area contributed by atoms with Crippen molar-refractivity contribution in [3.8, 4) is 0 Å². The monoisotopic (exact) mass is 368 g/mol. The highest BCUT2D eigenvalue weighted by Crippen LogP contribution is 2.19. The normalized spacial score (nSPS) is 10.9. The van der Waals surface area contributed by atoms with Gasteiger partial charge in [0.2, 0.25) is 0 Å². The third-order valence-corrected chi connectivity index (χ3v) is 4.40. The van der Waals surface area contributed by atoms with E-state index in [1.807, 2.05) is 34.3 Å². The van der Waals surface area contributed by atoms with E-state index in [2.05, 4.69) is 15.6 Å². The smallest absolute Gasteiger partial charge is 0.315 e. The van der Waals surface area contributed by atoms with E-state index < -0.39 is 0 Å². The van der Waals surface area contributed by atoms with Crippen LogP contribution in [0.15, 0.2) is 36.0 Å². The van der Waals surface area contributed by atoms with Gasteiger partial charge in [-0.15, -0.1) is 11.3 Å². The van der Waals surface area contributed by atoms with E-state index in [9.17, 15) is 4.79 Å². The maximum atomic E-state index is 11.8. The van der Waals surface area contributed by atoms with Gasteiger partial charge in [-0.25, -0.2) is 9.78 Å². The molecule has 0 fully saturated rings. The number of carbonyl (C=O) groups excluding carboxylic acids is 1. The van der Waals surface area contributed by atoms with Crippen LogP contribution in [0.5, 0.6) is 0 Å². The highest BCUT2D eigenvalue weighted by Gasteiger charge is 2.05. The van der Waals surface area contributed by atoms with Crippen molar-refractivity contribution >= 4 is 45.5 Å². The van der Waals surface area contributed by atoms with E-state index in [1.165, 1.54) is 0 Å². The molecule has 3 rings (SSSR count). The molecule has 0 spiro atoms. The summed E-state index contributed by atoms with van der Waals surface area (Å²) in [5, 5.41) is 8.74. The summed E-state index contributed by atoms with van der Waals surface area (Å²) in [6.45, 7) is 0.893. The van der Waals surface area contributed by atoms with Crippen LogP contribution in [-0.2, 0) is 13.0 Å². The molecule has 0 aliphatic heterocycles. The van der Waals surface area contributed by atoms with Crippen molar-refractivity contribution in [2.75, 3.05) is 6.54 Å². The minimum atomic E-state index is -0.227. The molecule has 5 nitrogen and oxygen atoms in total. The van der Waals surface area contributed by atoms with Gasteiger partial charge in [0.15, 0.2) is 4.96 Å². The zero-order valence-electron chi connectivity index (χ0n) is 12.1. The van der Waals surface area contributed by atoms with E-state index >= 15 is 0 Å². The first-order valence-corrected chi connectivity index (χ1v) is 8.61. The van der Waals surface area contributed by atoms with Gasteiger partial charge in [-0.05, 0) is 30.2 Å². The number of hydrogen-bond donors (Lipinski definition) is 2. The number of rotatable bonds is 5. The van der Waals surface area contributed by atoms with Gasteiger partial charge in [-0.2, -0.15) is 0 Å². The van der Waals surface area contributed by atoms with Crippen molar-refractivity contribution in [2.24, 2.45) is 0 Å². The van der Waals surface area contributed by atoms with Gasteiger partial charge < -0.3 is 10.6 Å². The number of imidazole rings is 1.